The Labute approximate surface area is 360 Å². The first kappa shape index (κ1) is 35.0. The summed E-state index contributed by atoms with van der Waals surface area (Å²) >= 11 is 1.86. The molecule has 0 spiro atoms. The van der Waals surface area contributed by atoms with E-state index in [4.69, 9.17) is 0 Å². The van der Waals surface area contributed by atoms with Crippen LogP contribution in [0.25, 0.3) is 66.4 Å². The number of aryl methyl sites for hydroxylation is 1. The summed E-state index contributed by atoms with van der Waals surface area (Å²) in [6.07, 6.45) is 6.98. The van der Waals surface area contributed by atoms with Gasteiger partial charge in [0.1, 0.15) is 0 Å². The minimum atomic E-state index is -0.103. The molecule has 2 heterocycles. The maximum Gasteiger partial charge on any atom is 0.0601 e. The number of benzene rings is 10. The Balaban J connectivity index is 0.887. The largest absolute Gasteiger partial charge is 0.341 e. The first-order valence-electron chi connectivity index (χ1n) is 21.6. The molecular weight excluding hydrogens is 757 g/mol. The van der Waals surface area contributed by atoms with Gasteiger partial charge in [0, 0.05) is 38.5 Å². The second-order valence-corrected chi connectivity index (χ2v) is 18.6. The summed E-state index contributed by atoms with van der Waals surface area (Å²) in [6, 6.07) is 63.9. The molecule has 290 valence electrons. The van der Waals surface area contributed by atoms with E-state index in [-0.39, 0.29) is 5.41 Å². The topological polar surface area (TPSA) is 6.48 Å². The molecule has 0 radical (unpaired) electrons. The molecule has 0 bridgehead atoms. The fourth-order valence-electron chi connectivity index (χ4n) is 11.0. The first-order chi connectivity index (χ1) is 30.0. The highest BCUT2D eigenvalue weighted by atomic mass is 32.2. The van der Waals surface area contributed by atoms with Crippen molar-refractivity contribution in [3.8, 4) is 11.1 Å². The van der Waals surface area contributed by atoms with Gasteiger partial charge in [-0.1, -0.05) is 159 Å². The predicted molar refractivity (Wildman–Crippen MR) is 261 cm³/mol. The molecule has 2 aliphatic heterocycles. The van der Waals surface area contributed by atoms with E-state index >= 15 is 0 Å². The molecule has 3 aliphatic rings. The molecule has 13 rings (SSSR count). The van der Waals surface area contributed by atoms with Crippen molar-refractivity contribution in [3.05, 3.63) is 198 Å². The molecule has 0 aromatic heterocycles. The zero-order valence-corrected chi connectivity index (χ0v) is 35.1. The fourth-order valence-corrected chi connectivity index (χ4v) is 12.1. The molecular formula is C58H42N2S. The van der Waals surface area contributed by atoms with E-state index in [2.05, 4.69) is 206 Å². The van der Waals surface area contributed by atoms with Crippen LogP contribution in [0.4, 0.5) is 28.4 Å². The number of anilines is 5. The summed E-state index contributed by atoms with van der Waals surface area (Å²) in [4.78, 5) is 7.55. The Morgan fingerprint density at radius 1 is 0.492 bits per heavy atom. The summed E-state index contributed by atoms with van der Waals surface area (Å²) in [7, 11) is 0. The van der Waals surface area contributed by atoms with Crippen molar-refractivity contribution in [1.82, 2.24) is 0 Å². The Kier molecular flexibility index (Phi) is 7.51. The Hall–Kier alpha value is -6.81. The Bertz CT molecular complexity index is 3420. The quantitative estimate of drug-likeness (QED) is 0.0995. The normalized spacial score (nSPS) is 15.1. The van der Waals surface area contributed by atoms with Crippen LogP contribution in [0.3, 0.4) is 0 Å². The zero-order chi connectivity index (χ0) is 40.4. The van der Waals surface area contributed by atoms with Gasteiger partial charge in [0.25, 0.3) is 0 Å². The van der Waals surface area contributed by atoms with Gasteiger partial charge in [-0.05, 0) is 138 Å². The van der Waals surface area contributed by atoms with Crippen LogP contribution in [-0.2, 0) is 11.8 Å². The van der Waals surface area contributed by atoms with Gasteiger partial charge in [-0.15, -0.1) is 0 Å². The molecule has 0 N–H and O–H groups in total. The van der Waals surface area contributed by atoms with E-state index in [1.54, 1.807) is 0 Å². The number of para-hydroxylation sites is 3. The van der Waals surface area contributed by atoms with Crippen LogP contribution in [0.15, 0.2) is 180 Å². The summed E-state index contributed by atoms with van der Waals surface area (Å²) in [5.74, 6) is 0. The average Bonchev–Trinajstić information content (AvgIpc) is 3.53. The van der Waals surface area contributed by atoms with E-state index in [9.17, 15) is 0 Å². The molecule has 0 fully saturated rings. The molecule has 1 aliphatic carbocycles. The second kappa shape index (κ2) is 13.1. The molecule has 0 amide bonds. The van der Waals surface area contributed by atoms with Crippen LogP contribution in [-0.4, -0.2) is 6.54 Å². The molecule has 0 unspecified atom stereocenters. The van der Waals surface area contributed by atoms with Crippen molar-refractivity contribution in [2.45, 2.75) is 41.9 Å². The highest BCUT2D eigenvalue weighted by molar-refractivity contribution is 7.99. The molecule has 3 heteroatoms. The standard InChI is InChI=1S/C58H42N2S/c1-58(2)48-34-36(24-28-41(48)42-30-27-39(35-49(42)58)59-33-11-13-38-12-3-4-18-50(38)59)23-25-37-26-29-45-44-16-10-17-47-51(32-31-46(57(44)47)43-15-9-14-40(37)56(43)45)60-52-19-5-7-21-54(52)61-55-22-8-6-20-53(55)60/h3-10,12,14-32,34-35H,11,13,33H2,1-2H3/b25-23+. The van der Waals surface area contributed by atoms with E-state index in [0.29, 0.717) is 0 Å². The average molecular weight is 799 g/mol. The van der Waals surface area contributed by atoms with Gasteiger partial charge in [-0.3, -0.25) is 0 Å². The third-order valence-electron chi connectivity index (χ3n) is 13.9. The van der Waals surface area contributed by atoms with Crippen LogP contribution < -0.4 is 9.80 Å². The van der Waals surface area contributed by atoms with Crippen LogP contribution in [0.5, 0.6) is 0 Å². The summed E-state index contributed by atoms with van der Waals surface area (Å²) < 4.78 is 0. The monoisotopic (exact) mass is 798 g/mol. The smallest absolute Gasteiger partial charge is 0.0601 e. The summed E-state index contributed by atoms with van der Waals surface area (Å²) in [6.45, 7) is 5.85. The Morgan fingerprint density at radius 2 is 1.10 bits per heavy atom. The molecule has 0 saturated heterocycles. The molecule has 10 aromatic carbocycles. The fraction of sp³-hybridized carbons (Fsp3) is 0.103. The number of fused-ring (bicyclic) bond motifs is 8. The maximum absolute atomic E-state index is 2.52. The minimum Gasteiger partial charge on any atom is -0.341 e. The van der Waals surface area contributed by atoms with Gasteiger partial charge in [-0.25, -0.2) is 0 Å². The van der Waals surface area contributed by atoms with E-state index in [1.807, 2.05) is 11.8 Å². The van der Waals surface area contributed by atoms with Gasteiger partial charge >= 0.3 is 0 Å². The highest BCUT2D eigenvalue weighted by Crippen LogP contribution is 2.54. The lowest BCUT2D eigenvalue weighted by atomic mass is 9.81. The number of nitrogens with zero attached hydrogens (tertiary/aromatic N) is 2. The third-order valence-corrected chi connectivity index (χ3v) is 15.0. The van der Waals surface area contributed by atoms with Crippen LogP contribution >= 0.6 is 11.8 Å². The lowest BCUT2D eigenvalue weighted by Gasteiger charge is -2.34. The molecule has 0 atom stereocenters. The van der Waals surface area contributed by atoms with Crippen molar-refractivity contribution in [2.75, 3.05) is 16.3 Å². The second-order valence-electron chi connectivity index (χ2n) is 17.5. The van der Waals surface area contributed by atoms with Crippen molar-refractivity contribution in [2.24, 2.45) is 0 Å². The summed E-state index contributed by atoms with van der Waals surface area (Å²) in [5.41, 5.74) is 15.7. The highest BCUT2D eigenvalue weighted by Gasteiger charge is 2.36. The van der Waals surface area contributed by atoms with Crippen molar-refractivity contribution in [1.29, 1.82) is 0 Å². The van der Waals surface area contributed by atoms with Gasteiger partial charge in [0.2, 0.25) is 0 Å². The van der Waals surface area contributed by atoms with Crippen LogP contribution in [0.2, 0.25) is 0 Å². The maximum atomic E-state index is 2.52. The van der Waals surface area contributed by atoms with Gasteiger partial charge in [0.15, 0.2) is 0 Å². The lowest BCUT2D eigenvalue weighted by Crippen LogP contribution is -2.25. The summed E-state index contributed by atoms with van der Waals surface area (Å²) in [5, 5.41) is 10.4. The van der Waals surface area contributed by atoms with Crippen LogP contribution in [0.1, 0.15) is 48.1 Å². The lowest BCUT2D eigenvalue weighted by molar-refractivity contribution is 0.659. The van der Waals surface area contributed by atoms with Gasteiger partial charge in [0.05, 0.1) is 17.1 Å². The molecule has 2 nitrogen and oxygen atoms in total. The van der Waals surface area contributed by atoms with Crippen LogP contribution in [0, 0.1) is 0 Å². The van der Waals surface area contributed by atoms with E-state index in [0.717, 1.165) is 13.0 Å². The van der Waals surface area contributed by atoms with Gasteiger partial charge < -0.3 is 9.80 Å². The molecule has 61 heavy (non-hydrogen) atoms. The van der Waals surface area contributed by atoms with Gasteiger partial charge in [-0.2, -0.15) is 0 Å². The van der Waals surface area contributed by atoms with Crippen molar-refractivity contribution < 1.29 is 0 Å². The van der Waals surface area contributed by atoms with E-state index < -0.39 is 0 Å². The molecule has 10 aromatic rings. The van der Waals surface area contributed by atoms with Crippen molar-refractivity contribution in [3.63, 3.8) is 0 Å². The first-order valence-corrected chi connectivity index (χ1v) is 22.4. The van der Waals surface area contributed by atoms with Crippen molar-refractivity contribution >= 4 is 95.4 Å². The number of rotatable bonds is 4. The number of hydrogen-bond donors (Lipinski definition) is 0. The zero-order valence-electron chi connectivity index (χ0n) is 34.2. The Morgan fingerprint density at radius 3 is 1.87 bits per heavy atom. The minimum absolute atomic E-state index is 0.103. The van der Waals surface area contributed by atoms with E-state index in [1.165, 1.54) is 127 Å². The predicted octanol–water partition coefficient (Wildman–Crippen LogP) is 16.2. The molecule has 0 saturated carbocycles. The number of hydrogen-bond acceptors (Lipinski definition) is 3. The third kappa shape index (κ3) is 5.11. The SMILES string of the molecule is CC1(C)c2cc(/C=C/c3ccc4c5cccc6c(N7c8ccccc8Sc8ccccc87)ccc(c7cccc3c47)c65)ccc2-c2ccc(N3CCCc4ccccc43)cc21.